The molecule has 0 spiro atoms. The molecule has 3 nitrogen and oxygen atoms in total. The molecule has 0 atom stereocenters. The van der Waals surface area contributed by atoms with Crippen molar-refractivity contribution in [1.29, 1.82) is 0 Å². The zero-order valence-corrected chi connectivity index (χ0v) is 10.4. The van der Waals surface area contributed by atoms with Gasteiger partial charge in [-0.05, 0) is 25.2 Å². The predicted octanol–water partition coefficient (Wildman–Crippen LogP) is 3.03. The second-order valence-corrected chi connectivity index (χ2v) is 7.47. The molecule has 0 unspecified atom stereocenters. The first-order chi connectivity index (χ1) is 6.44. The Kier molecular flexibility index (Phi) is 4.87. The van der Waals surface area contributed by atoms with E-state index in [0.29, 0.717) is 25.2 Å². The van der Waals surface area contributed by atoms with E-state index in [-0.39, 0.29) is 0 Å². The average Bonchev–Trinajstić information content (AvgIpc) is 2.19. The summed E-state index contributed by atoms with van der Waals surface area (Å²) in [7, 11) is -2.58. The highest BCUT2D eigenvalue weighted by Gasteiger charge is 2.49. The molecule has 0 saturated carbocycles. The van der Waals surface area contributed by atoms with Crippen molar-refractivity contribution in [3.8, 4) is 0 Å². The fourth-order valence-electron chi connectivity index (χ4n) is 2.13. The van der Waals surface area contributed by atoms with Crippen LogP contribution in [-0.2, 0) is 9.36 Å². The third-order valence-electron chi connectivity index (χ3n) is 3.37. The third-order valence-corrected chi connectivity index (χ3v) is 7.80. The van der Waals surface area contributed by atoms with Crippen LogP contribution >= 0.6 is 7.14 Å². The molecule has 0 bridgehead atoms. The Morgan fingerprint density at radius 3 is 1.57 bits per heavy atom. The molecule has 84 valence electrons. The van der Waals surface area contributed by atoms with E-state index in [0.717, 1.165) is 0 Å². The number of carboxylic acid groups (broad SMARTS) is 1. The van der Waals surface area contributed by atoms with Crippen LogP contribution in [0, 0.1) is 0 Å². The van der Waals surface area contributed by atoms with Gasteiger partial charge in [0.05, 0.1) is 0 Å². The van der Waals surface area contributed by atoms with Crippen LogP contribution < -0.4 is 0 Å². The third kappa shape index (κ3) is 1.88. The minimum atomic E-state index is -2.58. The lowest BCUT2D eigenvalue weighted by Crippen LogP contribution is -2.38. The minimum Gasteiger partial charge on any atom is -0.480 e. The van der Waals surface area contributed by atoms with Crippen LogP contribution in [0.15, 0.2) is 0 Å². The number of hydrogen-bond donors (Lipinski definition) is 1. The van der Waals surface area contributed by atoms with Gasteiger partial charge in [0.25, 0.3) is 0 Å². The molecule has 0 aromatic rings. The Morgan fingerprint density at radius 1 is 1.14 bits per heavy atom. The van der Waals surface area contributed by atoms with E-state index in [4.69, 9.17) is 0 Å². The normalized spacial score (nSPS) is 12.9. The van der Waals surface area contributed by atoms with Crippen LogP contribution in [0.4, 0.5) is 0 Å². The van der Waals surface area contributed by atoms with Crippen LogP contribution in [0.3, 0.4) is 0 Å². The first-order valence-electron chi connectivity index (χ1n) is 5.25. The standard InChI is InChI=1S/C10H21O3P/c1-5-10(6-2,9(11)12)14(13,7-3)8-4/h5-8H2,1-4H3,(H,11,12). The van der Waals surface area contributed by atoms with Crippen LogP contribution in [-0.4, -0.2) is 28.6 Å². The lowest BCUT2D eigenvalue weighted by Gasteiger charge is -2.34. The molecule has 0 radical (unpaired) electrons. The molecule has 0 heterocycles. The van der Waals surface area contributed by atoms with Crippen molar-refractivity contribution in [2.24, 2.45) is 0 Å². The molecule has 4 heteroatoms. The molecule has 0 amide bonds. The van der Waals surface area contributed by atoms with Crippen molar-refractivity contribution in [2.45, 2.75) is 45.7 Å². The molecule has 0 saturated heterocycles. The topological polar surface area (TPSA) is 54.4 Å². The fraction of sp³-hybridized carbons (Fsp3) is 0.900. The SMILES string of the molecule is CCC(CC)(C(=O)O)P(=O)(CC)CC. The van der Waals surface area contributed by atoms with E-state index in [1.54, 1.807) is 0 Å². The lowest BCUT2D eigenvalue weighted by molar-refractivity contribution is -0.140. The van der Waals surface area contributed by atoms with Gasteiger partial charge in [0.2, 0.25) is 0 Å². The average molecular weight is 220 g/mol. The summed E-state index contributed by atoms with van der Waals surface area (Å²) in [6.45, 7) is 7.28. The van der Waals surface area contributed by atoms with Crippen molar-refractivity contribution in [1.82, 2.24) is 0 Å². The van der Waals surface area contributed by atoms with E-state index in [1.807, 2.05) is 27.7 Å². The van der Waals surface area contributed by atoms with Gasteiger partial charge in [0.15, 0.2) is 0 Å². The van der Waals surface area contributed by atoms with Crippen LogP contribution in [0.1, 0.15) is 40.5 Å². The molecule has 0 aliphatic rings. The molecule has 0 aliphatic heterocycles. The molecule has 14 heavy (non-hydrogen) atoms. The van der Waals surface area contributed by atoms with Crippen molar-refractivity contribution in [3.63, 3.8) is 0 Å². The van der Waals surface area contributed by atoms with Gasteiger partial charge in [-0.1, -0.05) is 27.7 Å². The predicted molar refractivity (Wildman–Crippen MR) is 59.6 cm³/mol. The fourth-order valence-corrected chi connectivity index (χ4v) is 5.29. The van der Waals surface area contributed by atoms with Gasteiger partial charge in [-0.25, -0.2) is 0 Å². The maximum absolute atomic E-state index is 12.5. The molecule has 0 aromatic carbocycles. The van der Waals surface area contributed by atoms with Crippen LogP contribution in [0.5, 0.6) is 0 Å². The summed E-state index contributed by atoms with van der Waals surface area (Å²) in [4.78, 5) is 11.3. The maximum atomic E-state index is 12.5. The summed E-state index contributed by atoms with van der Waals surface area (Å²) in [5, 5.41) is 8.26. The zero-order chi connectivity index (χ0) is 11.4. The molecular weight excluding hydrogens is 199 g/mol. The Morgan fingerprint density at radius 2 is 1.50 bits per heavy atom. The summed E-state index contributed by atoms with van der Waals surface area (Å²) >= 11 is 0. The van der Waals surface area contributed by atoms with Crippen molar-refractivity contribution in [3.05, 3.63) is 0 Å². The van der Waals surface area contributed by atoms with Gasteiger partial charge in [0, 0.05) is 0 Å². The number of aliphatic carboxylic acids is 1. The monoisotopic (exact) mass is 220 g/mol. The number of carboxylic acids is 1. The number of carbonyl (C=O) groups is 1. The summed E-state index contributed by atoms with van der Waals surface area (Å²) in [6, 6.07) is 0. The van der Waals surface area contributed by atoms with E-state index < -0.39 is 18.3 Å². The number of hydrogen-bond acceptors (Lipinski definition) is 2. The highest BCUT2D eigenvalue weighted by molar-refractivity contribution is 7.66. The summed E-state index contributed by atoms with van der Waals surface area (Å²) in [6.07, 6.45) is 1.88. The highest BCUT2D eigenvalue weighted by atomic mass is 31.2. The van der Waals surface area contributed by atoms with E-state index in [9.17, 15) is 14.5 Å². The van der Waals surface area contributed by atoms with Crippen molar-refractivity contribution < 1.29 is 14.5 Å². The smallest absolute Gasteiger partial charge is 0.317 e. The van der Waals surface area contributed by atoms with Crippen molar-refractivity contribution in [2.75, 3.05) is 12.3 Å². The van der Waals surface area contributed by atoms with E-state index in [1.165, 1.54) is 0 Å². The quantitative estimate of drug-likeness (QED) is 0.700. The molecule has 0 aromatic heterocycles. The van der Waals surface area contributed by atoms with Crippen LogP contribution in [0.2, 0.25) is 0 Å². The lowest BCUT2D eigenvalue weighted by atomic mass is 10.0. The highest BCUT2D eigenvalue weighted by Crippen LogP contribution is 2.60. The first-order valence-corrected chi connectivity index (χ1v) is 7.33. The minimum absolute atomic E-state index is 0.456. The van der Waals surface area contributed by atoms with Crippen LogP contribution in [0.25, 0.3) is 0 Å². The Hall–Kier alpha value is -0.300. The number of rotatable bonds is 6. The van der Waals surface area contributed by atoms with E-state index in [2.05, 4.69) is 0 Å². The largest absolute Gasteiger partial charge is 0.480 e. The van der Waals surface area contributed by atoms with Gasteiger partial charge in [-0.15, -0.1) is 0 Å². The molecule has 1 N–H and O–H groups in total. The second kappa shape index (κ2) is 4.97. The Balaban J connectivity index is 5.37. The maximum Gasteiger partial charge on any atom is 0.317 e. The summed E-state index contributed by atoms with van der Waals surface area (Å²) in [5.74, 6) is -0.894. The van der Waals surface area contributed by atoms with Gasteiger partial charge < -0.3 is 9.67 Å². The van der Waals surface area contributed by atoms with Gasteiger partial charge in [-0.2, -0.15) is 0 Å². The molecule has 0 rings (SSSR count). The molecule has 0 fully saturated rings. The first kappa shape index (κ1) is 13.7. The van der Waals surface area contributed by atoms with Gasteiger partial charge in [-0.3, -0.25) is 4.79 Å². The Labute approximate surface area is 86.3 Å². The molecule has 0 aliphatic carbocycles. The summed E-state index contributed by atoms with van der Waals surface area (Å²) in [5.41, 5.74) is 0. The second-order valence-electron chi connectivity index (χ2n) is 3.57. The van der Waals surface area contributed by atoms with Gasteiger partial charge >= 0.3 is 5.97 Å². The van der Waals surface area contributed by atoms with E-state index >= 15 is 0 Å². The van der Waals surface area contributed by atoms with Crippen molar-refractivity contribution >= 4 is 13.1 Å². The summed E-state index contributed by atoms with van der Waals surface area (Å²) < 4.78 is 12.5. The zero-order valence-electron chi connectivity index (χ0n) is 9.54. The molecular formula is C10H21O3P. The Bertz CT molecular complexity index is 236. The van der Waals surface area contributed by atoms with Gasteiger partial charge in [0.1, 0.15) is 12.3 Å².